The molecule has 2 aromatic rings. The number of amides is 1. The quantitative estimate of drug-likeness (QED) is 0.757. The van der Waals surface area contributed by atoms with E-state index in [1.54, 1.807) is 25.1 Å². The second-order valence-corrected chi connectivity index (χ2v) is 7.78. The Bertz CT molecular complexity index is 840. The van der Waals surface area contributed by atoms with Crippen LogP contribution in [0.2, 0.25) is 0 Å². The van der Waals surface area contributed by atoms with Gasteiger partial charge in [0.1, 0.15) is 11.1 Å². The van der Waals surface area contributed by atoms with Crippen molar-refractivity contribution in [2.75, 3.05) is 0 Å². The summed E-state index contributed by atoms with van der Waals surface area (Å²) in [7, 11) is 0. The maximum atomic E-state index is 12.4. The topological polar surface area (TPSA) is 84.2 Å². The molecule has 23 heavy (non-hydrogen) atoms. The van der Waals surface area contributed by atoms with Crippen molar-refractivity contribution < 1.29 is 9.90 Å². The SMILES string of the molecule is CC1(O)CC(NC(=O)Cn2nc(Br)c3cc(Br)ccc3c2=O)C1. The lowest BCUT2D eigenvalue weighted by atomic mass is 9.77. The number of benzene rings is 1. The molecule has 0 radical (unpaired) electrons. The Morgan fingerprint density at radius 2 is 2.13 bits per heavy atom. The highest BCUT2D eigenvalue weighted by Crippen LogP contribution is 2.31. The first-order chi connectivity index (χ1) is 10.7. The Labute approximate surface area is 149 Å². The standard InChI is InChI=1S/C15H15Br2N3O3/c1-15(23)5-9(6-15)18-12(21)7-20-14(22)10-3-2-8(16)4-11(10)13(17)19-20/h2-4,9,23H,5-7H2,1H3,(H,18,21). The van der Waals surface area contributed by atoms with E-state index >= 15 is 0 Å². The molecule has 1 aliphatic carbocycles. The summed E-state index contributed by atoms with van der Waals surface area (Å²) in [5.74, 6) is -0.288. The van der Waals surface area contributed by atoms with Crippen molar-refractivity contribution in [3.63, 3.8) is 0 Å². The summed E-state index contributed by atoms with van der Waals surface area (Å²) in [5.41, 5.74) is -1.02. The number of fused-ring (bicyclic) bond motifs is 1. The van der Waals surface area contributed by atoms with Crippen LogP contribution >= 0.6 is 31.9 Å². The Morgan fingerprint density at radius 1 is 1.43 bits per heavy atom. The van der Waals surface area contributed by atoms with Crippen LogP contribution in [0.25, 0.3) is 10.8 Å². The zero-order valence-electron chi connectivity index (χ0n) is 12.3. The Hall–Kier alpha value is -1.25. The number of rotatable bonds is 3. The zero-order chi connectivity index (χ0) is 16.8. The summed E-state index contributed by atoms with van der Waals surface area (Å²) in [6.07, 6.45) is 1.05. The van der Waals surface area contributed by atoms with Gasteiger partial charge in [-0.05, 0) is 53.9 Å². The molecule has 1 saturated carbocycles. The molecule has 0 saturated heterocycles. The molecule has 0 bridgehead atoms. The fraction of sp³-hybridized carbons (Fsp3) is 0.400. The summed E-state index contributed by atoms with van der Waals surface area (Å²) in [5, 5.41) is 17.8. The molecule has 8 heteroatoms. The van der Waals surface area contributed by atoms with Gasteiger partial charge >= 0.3 is 0 Å². The highest BCUT2D eigenvalue weighted by Gasteiger charge is 2.39. The largest absolute Gasteiger partial charge is 0.390 e. The van der Waals surface area contributed by atoms with Gasteiger partial charge in [0.2, 0.25) is 5.91 Å². The van der Waals surface area contributed by atoms with E-state index in [1.165, 1.54) is 0 Å². The summed E-state index contributed by atoms with van der Waals surface area (Å²) in [6, 6.07) is 5.23. The van der Waals surface area contributed by atoms with E-state index < -0.39 is 5.60 Å². The molecule has 2 N–H and O–H groups in total. The minimum Gasteiger partial charge on any atom is -0.390 e. The maximum Gasteiger partial charge on any atom is 0.275 e. The molecular weight excluding hydrogens is 430 g/mol. The van der Waals surface area contributed by atoms with Crippen LogP contribution in [0.1, 0.15) is 19.8 Å². The molecule has 122 valence electrons. The highest BCUT2D eigenvalue weighted by molar-refractivity contribution is 9.11. The molecular formula is C15H15Br2N3O3. The van der Waals surface area contributed by atoms with Crippen molar-refractivity contribution in [1.29, 1.82) is 0 Å². The second-order valence-electron chi connectivity index (χ2n) is 6.11. The third-order valence-electron chi connectivity index (χ3n) is 3.91. The Morgan fingerprint density at radius 3 is 2.78 bits per heavy atom. The van der Waals surface area contributed by atoms with Crippen LogP contribution in [-0.4, -0.2) is 32.4 Å². The number of hydrogen-bond donors (Lipinski definition) is 2. The minimum absolute atomic E-state index is 0.0481. The van der Waals surface area contributed by atoms with E-state index in [-0.39, 0.29) is 24.1 Å². The Kier molecular flexibility index (Phi) is 4.33. The van der Waals surface area contributed by atoms with Gasteiger partial charge in [-0.1, -0.05) is 15.9 Å². The van der Waals surface area contributed by atoms with Crippen LogP contribution in [0.15, 0.2) is 32.1 Å². The van der Waals surface area contributed by atoms with E-state index in [0.29, 0.717) is 28.2 Å². The molecule has 0 aliphatic heterocycles. The number of aromatic nitrogens is 2. The Balaban J connectivity index is 1.81. The van der Waals surface area contributed by atoms with Crippen molar-refractivity contribution in [1.82, 2.24) is 15.1 Å². The van der Waals surface area contributed by atoms with Gasteiger partial charge in [-0.25, -0.2) is 4.68 Å². The van der Waals surface area contributed by atoms with Gasteiger partial charge in [0, 0.05) is 15.9 Å². The number of carbonyl (C=O) groups is 1. The monoisotopic (exact) mass is 443 g/mol. The number of hydrogen-bond acceptors (Lipinski definition) is 4. The van der Waals surface area contributed by atoms with Crippen LogP contribution in [0.5, 0.6) is 0 Å². The lowest BCUT2D eigenvalue weighted by Gasteiger charge is -2.41. The van der Waals surface area contributed by atoms with Crippen LogP contribution in [0, 0.1) is 0 Å². The van der Waals surface area contributed by atoms with Gasteiger partial charge in [-0.15, -0.1) is 0 Å². The zero-order valence-corrected chi connectivity index (χ0v) is 15.5. The normalized spacial score (nSPS) is 23.6. The average molecular weight is 445 g/mol. The first kappa shape index (κ1) is 16.6. The number of aliphatic hydroxyl groups is 1. The van der Waals surface area contributed by atoms with Gasteiger partial charge in [0.15, 0.2) is 0 Å². The fourth-order valence-corrected chi connectivity index (χ4v) is 3.72. The molecule has 1 aromatic heterocycles. The number of carbonyl (C=O) groups excluding carboxylic acids is 1. The van der Waals surface area contributed by atoms with Crippen LogP contribution < -0.4 is 10.9 Å². The third kappa shape index (κ3) is 3.49. The molecule has 6 nitrogen and oxygen atoms in total. The van der Waals surface area contributed by atoms with Crippen LogP contribution in [-0.2, 0) is 11.3 Å². The molecule has 0 unspecified atom stereocenters. The summed E-state index contributed by atoms with van der Waals surface area (Å²) in [6.45, 7) is 1.59. The predicted octanol–water partition coefficient (Wildman–Crippen LogP) is 1.95. The lowest BCUT2D eigenvalue weighted by molar-refractivity contribution is -0.125. The maximum absolute atomic E-state index is 12.4. The fourth-order valence-electron chi connectivity index (χ4n) is 2.84. The molecule has 1 fully saturated rings. The van der Waals surface area contributed by atoms with Gasteiger partial charge < -0.3 is 10.4 Å². The van der Waals surface area contributed by atoms with Gasteiger partial charge in [-0.2, -0.15) is 5.10 Å². The third-order valence-corrected chi connectivity index (χ3v) is 4.99. The number of halogens is 2. The summed E-state index contributed by atoms with van der Waals surface area (Å²) >= 11 is 6.70. The van der Waals surface area contributed by atoms with Crippen molar-refractivity contribution >= 4 is 48.5 Å². The smallest absolute Gasteiger partial charge is 0.275 e. The number of nitrogens with zero attached hydrogens (tertiary/aromatic N) is 2. The average Bonchev–Trinajstić information content (AvgIpc) is 2.42. The second kappa shape index (κ2) is 5.99. The van der Waals surface area contributed by atoms with Gasteiger partial charge in [0.05, 0.1) is 11.0 Å². The lowest BCUT2D eigenvalue weighted by Crippen LogP contribution is -2.54. The van der Waals surface area contributed by atoms with E-state index in [0.717, 1.165) is 9.15 Å². The van der Waals surface area contributed by atoms with E-state index in [9.17, 15) is 14.7 Å². The van der Waals surface area contributed by atoms with Crippen molar-refractivity contribution in [3.05, 3.63) is 37.6 Å². The van der Waals surface area contributed by atoms with Crippen molar-refractivity contribution in [2.24, 2.45) is 0 Å². The molecule has 1 heterocycles. The summed E-state index contributed by atoms with van der Waals surface area (Å²) in [4.78, 5) is 24.5. The van der Waals surface area contributed by atoms with E-state index in [2.05, 4.69) is 42.3 Å². The van der Waals surface area contributed by atoms with E-state index in [1.807, 2.05) is 0 Å². The highest BCUT2D eigenvalue weighted by atomic mass is 79.9. The minimum atomic E-state index is -0.702. The molecule has 0 spiro atoms. The van der Waals surface area contributed by atoms with Crippen LogP contribution in [0.4, 0.5) is 0 Å². The van der Waals surface area contributed by atoms with Crippen molar-refractivity contribution in [2.45, 2.75) is 38.0 Å². The molecule has 1 aromatic carbocycles. The first-order valence-corrected chi connectivity index (χ1v) is 8.71. The molecule has 3 rings (SSSR count). The van der Waals surface area contributed by atoms with Gasteiger partial charge in [0.25, 0.3) is 5.56 Å². The molecule has 1 amide bonds. The van der Waals surface area contributed by atoms with Crippen LogP contribution in [0.3, 0.4) is 0 Å². The van der Waals surface area contributed by atoms with Crippen molar-refractivity contribution in [3.8, 4) is 0 Å². The van der Waals surface area contributed by atoms with E-state index in [4.69, 9.17) is 0 Å². The summed E-state index contributed by atoms with van der Waals surface area (Å²) < 4.78 is 2.50. The first-order valence-electron chi connectivity index (χ1n) is 7.13. The molecule has 1 aliphatic rings. The van der Waals surface area contributed by atoms with Gasteiger partial charge in [-0.3, -0.25) is 9.59 Å². The predicted molar refractivity (Wildman–Crippen MR) is 93.2 cm³/mol. The molecule has 0 atom stereocenters. The number of nitrogens with one attached hydrogen (secondary N) is 1.